The Morgan fingerprint density at radius 3 is 2.63 bits per heavy atom. The van der Waals surface area contributed by atoms with E-state index in [4.69, 9.17) is 0 Å². The van der Waals surface area contributed by atoms with Gasteiger partial charge in [0.05, 0.1) is 5.70 Å². The largest absolute Gasteiger partial charge is 0.510 e. The molecule has 3 aliphatic rings. The lowest BCUT2D eigenvalue weighted by atomic mass is 9.86. The van der Waals surface area contributed by atoms with Crippen LogP contribution in [0.5, 0.6) is 0 Å². The summed E-state index contributed by atoms with van der Waals surface area (Å²) in [4.78, 5) is 11.5. The first-order valence-corrected chi connectivity index (χ1v) is 5.65. The van der Waals surface area contributed by atoms with Crippen molar-refractivity contribution in [2.24, 2.45) is 0 Å². The number of fused-ring (bicyclic) bond motifs is 1. The van der Waals surface area contributed by atoms with Gasteiger partial charge in [-0.2, -0.15) is 0 Å². The molecule has 0 bridgehead atoms. The minimum absolute atomic E-state index is 0.0407. The smallest absolute Gasteiger partial charge is 0.234 e. The number of nitrogens with one attached hydrogen (secondary N) is 1. The van der Waals surface area contributed by atoms with Crippen LogP contribution in [0.4, 0.5) is 0 Å². The molecular formula is C13H11NO5. The van der Waals surface area contributed by atoms with E-state index in [-0.39, 0.29) is 17.0 Å². The molecule has 2 unspecified atom stereocenters. The van der Waals surface area contributed by atoms with E-state index in [1.54, 1.807) is 12.2 Å². The zero-order valence-electron chi connectivity index (χ0n) is 9.66. The highest BCUT2D eigenvalue weighted by Gasteiger charge is 2.39. The number of aliphatic hydroxyl groups excluding tert-OH is 4. The lowest BCUT2D eigenvalue weighted by molar-refractivity contribution is -0.124. The van der Waals surface area contributed by atoms with Gasteiger partial charge in [-0.05, 0) is 17.7 Å². The number of ketones is 1. The fourth-order valence-corrected chi connectivity index (χ4v) is 2.32. The molecule has 0 radical (unpaired) electrons. The van der Waals surface area contributed by atoms with E-state index in [1.165, 1.54) is 12.2 Å². The molecule has 0 saturated heterocycles. The van der Waals surface area contributed by atoms with E-state index in [2.05, 4.69) is 5.32 Å². The normalized spacial score (nSPS) is 29.4. The van der Waals surface area contributed by atoms with Crippen LogP contribution in [0.25, 0.3) is 0 Å². The molecule has 5 N–H and O–H groups in total. The van der Waals surface area contributed by atoms with Crippen molar-refractivity contribution in [1.29, 1.82) is 0 Å². The van der Waals surface area contributed by atoms with Gasteiger partial charge in [-0.3, -0.25) is 4.79 Å². The summed E-state index contributed by atoms with van der Waals surface area (Å²) in [5.41, 5.74) is 0.874. The number of carbonyl (C=O) groups excluding carboxylic acids is 1. The molecule has 0 spiro atoms. The second-order valence-corrected chi connectivity index (χ2v) is 4.47. The predicted molar refractivity (Wildman–Crippen MR) is 65.2 cm³/mol. The molecule has 1 heterocycles. The number of allylic oxidation sites excluding steroid dienone is 2. The van der Waals surface area contributed by atoms with Crippen LogP contribution < -0.4 is 5.32 Å². The maximum Gasteiger partial charge on any atom is 0.234 e. The van der Waals surface area contributed by atoms with Crippen LogP contribution in [-0.2, 0) is 4.79 Å². The summed E-state index contributed by atoms with van der Waals surface area (Å²) in [5.74, 6) is -2.42. The molecule has 0 fully saturated rings. The summed E-state index contributed by atoms with van der Waals surface area (Å²) in [5, 5.41) is 41.6. The van der Waals surface area contributed by atoms with Crippen molar-refractivity contribution in [2.75, 3.05) is 0 Å². The molecule has 0 amide bonds. The van der Waals surface area contributed by atoms with Gasteiger partial charge in [-0.1, -0.05) is 12.2 Å². The molecule has 0 aromatic heterocycles. The van der Waals surface area contributed by atoms with Crippen LogP contribution in [0.15, 0.2) is 58.4 Å². The van der Waals surface area contributed by atoms with E-state index in [0.717, 1.165) is 0 Å². The average Bonchev–Trinajstić information content (AvgIpc) is 2.42. The zero-order valence-corrected chi connectivity index (χ0v) is 9.66. The van der Waals surface area contributed by atoms with Gasteiger partial charge in [0.25, 0.3) is 0 Å². The zero-order chi connectivity index (χ0) is 13.7. The predicted octanol–water partition coefficient (Wildman–Crippen LogP) is 0.422. The van der Waals surface area contributed by atoms with Gasteiger partial charge in [0, 0.05) is 5.57 Å². The Hall–Kier alpha value is -2.47. The highest BCUT2D eigenvalue weighted by atomic mass is 16.3. The summed E-state index contributed by atoms with van der Waals surface area (Å²) >= 11 is 0. The first kappa shape index (κ1) is 11.6. The van der Waals surface area contributed by atoms with Gasteiger partial charge < -0.3 is 25.7 Å². The van der Waals surface area contributed by atoms with Crippen molar-refractivity contribution in [3.63, 3.8) is 0 Å². The van der Waals surface area contributed by atoms with Crippen molar-refractivity contribution in [2.45, 2.75) is 12.1 Å². The van der Waals surface area contributed by atoms with E-state index >= 15 is 0 Å². The van der Waals surface area contributed by atoms with Crippen LogP contribution >= 0.6 is 0 Å². The van der Waals surface area contributed by atoms with Gasteiger partial charge in [-0.15, -0.1) is 0 Å². The first-order chi connectivity index (χ1) is 9.00. The molecule has 2 atom stereocenters. The summed E-state index contributed by atoms with van der Waals surface area (Å²) in [7, 11) is 0. The highest BCUT2D eigenvalue weighted by molar-refractivity contribution is 6.02. The van der Waals surface area contributed by atoms with Crippen molar-refractivity contribution >= 4 is 5.78 Å². The first-order valence-electron chi connectivity index (χ1n) is 5.65. The Bertz CT molecular complexity index is 635. The number of dihydropyridines is 1. The summed E-state index contributed by atoms with van der Waals surface area (Å²) in [6.45, 7) is 0. The molecule has 0 saturated carbocycles. The lowest BCUT2D eigenvalue weighted by Crippen LogP contribution is -2.42. The van der Waals surface area contributed by atoms with Crippen molar-refractivity contribution in [3.8, 4) is 0 Å². The topological polar surface area (TPSA) is 110 Å². The second kappa shape index (κ2) is 3.76. The third-order valence-electron chi connectivity index (χ3n) is 3.32. The SMILES string of the molecule is O=C1C(O)=C(O)C2=C(C=C3C=CC=C(O)C3N2)C1O. The molecule has 6 nitrogen and oxygen atoms in total. The molecule has 98 valence electrons. The van der Waals surface area contributed by atoms with E-state index < -0.39 is 29.4 Å². The number of hydrogen-bond acceptors (Lipinski definition) is 6. The minimum Gasteiger partial charge on any atom is -0.510 e. The van der Waals surface area contributed by atoms with E-state index in [0.29, 0.717) is 5.57 Å². The Balaban J connectivity index is 2.14. The van der Waals surface area contributed by atoms with Gasteiger partial charge in [0.15, 0.2) is 5.76 Å². The van der Waals surface area contributed by atoms with Gasteiger partial charge >= 0.3 is 0 Å². The standard InChI is InChI=1S/C13H11NO5/c15-7-3-1-2-5-4-6-9(14-8(5)7)11(17)13(19)12(18)10(6)16/h1-4,8,10,14-17,19H. The van der Waals surface area contributed by atoms with Crippen LogP contribution in [0.1, 0.15) is 0 Å². The third-order valence-corrected chi connectivity index (χ3v) is 3.32. The number of Topliss-reactive ketones (excluding diaryl/α,β-unsaturated/α-hetero) is 1. The molecular weight excluding hydrogens is 250 g/mol. The molecule has 6 heteroatoms. The monoisotopic (exact) mass is 261 g/mol. The number of aliphatic hydroxyl groups is 4. The summed E-state index contributed by atoms with van der Waals surface area (Å²) in [6.07, 6.45) is 4.82. The van der Waals surface area contributed by atoms with Crippen LogP contribution in [0, 0.1) is 0 Å². The Morgan fingerprint density at radius 2 is 1.89 bits per heavy atom. The van der Waals surface area contributed by atoms with Gasteiger partial charge in [0.1, 0.15) is 17.9 Å². The molecule has 19 heavy (non-hydrogen) atoms. The van der Waals surface area contributed by atoms with E-state index in [9.17, 15) is 25.2 Å². The van der Waals surface area contributed by atoms with Gasteiger partial charge in [0.2, 0.25) is 11.5 Å². The molecule has 0 aromatic rings. The van der Waals surface area contributed by atoms with Crippen LogP contribution in [0.3, 0.4) is 0 Å². The average molecular weight is 261 g/mol. The Morgan fingerprint density at radius 1 is 1.16 bits per heavy atom. The third kappa shape index (κ3) is 1.50. The summed E-state index contributed by atoms with van der Waals surface area (Å²) < 4.78 is 0. The molecule has 0 aromatic carbocycles. The minimum atomic E-state index is -1.53. The number of rotatable bonds is 0. The Labute approximate surface area is 108 Å². The maximum absolute atomic E-state index is 11.5. The number of hydrogen-bond donors (Lipinski definition) is 5. The lowest BCUT2D eigenvalue weighted by Gasteiger charge is -2.32. The van der Waals surface area contributed by atoms with Crippen LogP contribution in [0.2, 0.25) is 0 Å². The van der Waals surface area contributed by atoms with Crippen LogP contribution in [-0.4, -0.2) is 38.4 Å². The van der Waals surface area contributed by atoms with E-state index in [1.807, 2.05) is 0 Å². The quantitative estimate of drug-likeness (QED) is 0.432. The fraction of sp³-hybridized carbons (Fsp3) is 0.154. The molecule has 1 aliphatic heterocycles. The maximum atomic E-state index is 11.5. The van der Waals surface area contributed by atoms with Gasteiger partial charge in [-0.25, -0.2) is 0 Å². The number of carbonyl (C=O) groups is 1. The van der Waals surface area contributed by atoms with Crippen molar-refractivity contribution in [3.05, 3.63) is 58.4 Å². The van der Waals surface area contributed by atoms with Crippen molar-refractivity contribution < 1.29 is 25.2 Å². The fourth-order valence-electron chi connectivity index (χ4n) is 2.32. The Kier molecular flexibility index (Phi) is 2.30. The summed E-state index contributed by atoms with van der Waals surface area (Å²) in [6, 6.07) is -0.570. The molecule has 2 aliphatic carbocycles. The second-order valence-electron chi connectivity index (χ2n) is 4.47. The highest BCUT2D eigenvalue weighted by Crippen LogP contribution is 2.33. The van der Waals surface area contributed by atoms with Crippen molar-refractivity contribution in [1.82, 2.24) is 5.32 Å². The molecule has 3 rings (SSSR count).